The fourth-order valence-corrected chi connectivity index (χ4v) is 4.19. The number of hydrogen-bond acceptors (Lipinski definition) is 9. The second kappa shape index (κ2) is 14.2. The van der Waals surface area contributed by atoms with Crippen LogP contribution in [0.3, 0.4) is 0 Å². The Labute approximate surface area is 235 Å². The number of amides is 2. The molecular formula is C27H31BrN4O7. The van der Waals surface area contributed by atoms with Crippen molar-refractivity contribution in [3.63, 3.8) is 0 Å². The van der Waals surface area contributed by atoms with Gasteiger partial charge in [-0.05, 0) is 71.2 Å². The molecule has 11 nitrogen and oxygen atoms in total. The number of urea groups is 1. The van der Waals surface area contributed by atoms with E-state index in [9.17, 15) is 14.7 Å². The lowest BCUT2D eigenvalue weighted by molar-refractivity contribution is -0.136. The van der Waals surface area contributed by atoms with E-state index in [1.54, 1.807) is 43.5 Å². The zero-order chi connectivity index (χ0) is 28.4. The van der Waals surface area contributed by atoms with Gasteiger partial charge in [0.2, 0.25) is 0 Å². The average molecular weight is 603 g/mol. The predicted octanol–water partition coefficient (Wildman–Crippen LogP) is 3.53. The van der Waals surface area contributed by atoms with Crippen molar-refractivity contribution >= 4 is 34.1 Å². The van der Waals surface area contributed by atoms with Crippen LogP contribution in [-0.4, -0.2) is 56.5 Å². The lowest BCUT2D eigenvalue weighted by atomic mass is 9.95. The van der Waals surface area contributed by atoms with Crippen LogP contribution in [0.15, 0.2) is 69.9 Å². The van der Waals surface area contributed by atoms with E-state index in [1.807, 2.05) is 19.1 Å². The topological polar surface area (TPSA) is 140 Å². The molecule has 1 heterocycles. The summed E-state index contributed by atoms with van der Waals surface area (Å²) in [7, 11) is 1.28. The smallest absolute Gasteiger partial charge is 0.337 e. The van der Waals surface area contributed by atoms with Gasteiger partial charge in [-0.2, -0.15) is 5.10 Å². The highest BCUT2D eigenvalue weighted by atomic mass is 79.9. The molecule has 0 spiro atoms. The van der Waals surface area contributed by atoms with Crippen molar-refractivity contribution in [3.05, 3.63) is 75.9 Å². The largest absolute Gasteiger partial charge is 0.490 e. The number of esters is 1. The van der Waals surface area contributed by atoms with Crippen molar-refractivity contribution in [3.8, 4) is 17.2 Å². The van der Waals surface area contributed by atoms with Gasteiger partial charge in [0.05, 0.1) is 36.0 Å². The fourth-order valence-electron chi connectivity index (χ4n) is 3.68. The number of hydrogen-bond donors (Lipinski definition) is 4. The molecule has 2 aromatic carbocycles. The number of allylic oxidation sites excluding steroid dienone is 1. The van der Waals surface area contributed by atoms with Gasteiger partial charge in [-0.25, -0.2) is 9.59 Å². The van der Waals surface area contributed by atoms with Crippen LogP contribution in [0.4, 0.5) is 4.79 Å². The molecule has 208 valence electrons. The van der Waals surface area contributed by atoms with Crippen molar-refractivity contribution in [2.45, 2.75) is 26.1 Å². The molecule has 4 N–H and O–H groups in total. The van der Waals surface area contributed by atoms with Gasteiger partial charge in [-0.1, -0.05) is 18.7 Å². The summed E-state index contributed by atoms with van der Waals surface area (Å²) in [6, 6.07) is 9.27. The van der Waals surface area contributed by atoms with E-state index in [0.29, 0.717) is 41.7 Å². The van der Waals surface area contributed by atoms with Gasteiger partial charge in [0, 0.05) is 5.70 Å². The molecule has 0 unspecified atom stereocenters. The van der Waals surface area contributed by atoms with Gasteiger partial charge in [0.15, 0.2) is 17.7 Å². The third-order valence-corrected chi connectivity index (χ3v) is 6.04. The molecule has 39 heavy (non-hydrogen) atoms. The van der Waals surface area contributed by atoms with E-state index in [-0.39, 0.29) is 12.2 Å². The van der Waals surface area contributed by atoms with E-state index in [2.05, 4.69) is 43.7 Å². The number of nitrogens with one attached hydrogen (secondary N) is 3. The van der Waals surface area contributed by atoms with Gasteiger partial charge in [0.25, 0.3) is 0 Å². The Kier molecular flexibility index (Phi) is 10.8. The first-order chi connectivity index (χ1) is 18.8. The maximum absolute atomic E-state index is 12.4. The molecule has 0 saturated heterocycles. The second-order valence-electron chi connectivity index (χ2n) is 8.20. The van der Waals surface area contributed by atoms with Crippen LogP contribution in [0.5, 0.6) is 17.2 Å². The molecule has 3 rings (SSSR count). The molecule has 0 radical (unpaired) electrons. The van der Waals surface area contributed by atoms with Gasteiger partial charge in [-0.3, -0.25) is 5.43 Å². The second-order valence-corrected chi connectivity index (χ2v) is 9.06. The first kappa shape index (κ1) is 29.5. The lowest BCUT2D eigenvalue weighted by Crippen LogP contribution is -2.45. The van der Waals surface area contributed by atoms with Crippen LogP contribution >= 0.6 is 15.9 Å². The van der Waals surface area contributed by atoms with E-state index in [1.165, 1.54) is 7.11 Å². The standard InChI is InChI=1S/C27H31BrN4O7/c1-5-11-38-20-9-7-17(12-19(20)28)14-29-32-23(33)15-39-21-10-8-18(13-22(21)37-6-2)25-24(26(34)36-4)16(3)30-27(35)31-25/h5,7-10,12-14,23,25,32-33H,1,6,11,15H2,2-4H3,(H2,30,31,35)/b29-14-/t23-,25-/m0/s1. The van der Waals surface area contributed by atoms with Gasteiger partial charge >= 0.3 is 12.0 Å². The maximum atomic E-state index is 12.4. The Morgan fingerprint density at radius 1 is 1.21 bits per heavy atom. The first-order valence-electron chi connectivity index (χ1n) is 12.0. The number of aliphatic hydroxyl groups excluding tert-OH is 1. The third-order valence-electron chi connectivity index (χ3n) is 5.42. The van der Waals surface area contributed by atoms with Crippen LogP contribution in [-0.2, 0) is 9.53 Å². The monoisotopic (exact) mass is 602 g/mol. The number of carbonyl (C=O) groups is 2. The van der Waals surface area contributed by atoms with E-state index in [4.69, 9.17) is 18.9 Å². The first-order valence-corrected chi connectivity index (χ1v) is 12.8. The molecule has 1 aliphatic heterocycles. The number of rotatable bonds is 13. The van der Waals surface area contributed by atoms with Crippen molar-refractivity contribution in [1.82, 2.24) is 16.1 Å². The highest BCUT2D eigenvalue weighted by Crippen LogP contribution is 2.35. The zero-order valence-electron chi connectivity index (χ0n) is 21.8. The van der Waals surface area contributed by atoms with Crippen LogP contribution in [0.1, 0.15) is 31.0 Å². The number of carbonyl (C=O) groups excluding carboxylic acids is 2. The van der Waals surface area contributed by atoms with E-state index < -0.39 is 24.3 Å². The summed E-state index contributed by atoms with van der Waals surface area (Å²) >= 11 is 3.45. The van der Waals surface area contributed by atoms with Crippen molar-refractivity contribution < 1.29 is 33.6 Å². The molecule has 12 heteroatoms. The normalized spacial score (nSPS) is 15.7. The van der Waals surface area contributed by atoms with Gasteiger partial charge in [0.1, 0.15) is 19.0 Å². The van der Waals surface area contributed by atoms with Gasteiger partial charge < -0.3 is 34.7 Å². The van der Waals surface area contributed by atoms with Crippen molar-refractivity contribution in [1.29, 1.82) is 0 Å². The van der Waals surface area contributed by atoms with E-state index >= 15 is 0 Å². The van der Waals surface area contributed by atoms with Crippen LogP contribution < -0.4 is 30.3 Å². The average Bonchev–Trinajstić information content (AvgIpc) is 2.91. The van der Waals surface area contributed by atoms with Crippen LogP contribution in [0.25, 0.3) is 0 Å². The lowest BCUT2D eigenvalue weighted by Gasteiger charge is -2.28. The molecular weight excluding hydrogens is 572 g/mol. The number of nitrogens with zero attached hydrogens (tertiary/aromatic N) is 1. The highest BCUT2D eigenvalue weighted by molar-refractivity contribution is 9.10. The van der Waals surface area contributed by atoms with Crippen LogP contribution in [0.2, 0.25) is 0 Å². The molecule has 0 aliphatic carbocycles. The Hall–Kier alpha value is -4.03. The highest BCUT2D eigenvalue weighted by Gasteiger charge is 2.32. The Balaban J connectivity index is 1.66. The molecule has 2 atom stereocenters. The van der Waals surface area contributed by atoms with Crippen molar-refractivity contribution in [2.75, 3.05) is 26.9 Å². The third kappa shape index (κ3) is 7.98. The minimum atomic E-state index is -1.12. The van der Waals surface area contributed by atoms with Gasteiger partial charge in [-0.15, -0.1) is 0 Å². The predicted molar refractivity (Wildman–Crippen MR) is 149 cm³/mol. The summed E-state index contributed by atoms with van der Waals surface area (Å²) in [5, 5.41) is 19.7. The molecule has 0 saturated carbocycles. The summed E-state index contributed by atoms with van der Waals surface area (Å²) < 4.78 is 22.7. The quantitative estimate of drug-likeness (QED) is 0.0897. The molecule has 2 amide bonds. The summed E-state index contributed by atoms with van der Waals surface area (Å²) in [4.78, 5) is 24.5. The number of aliphatic hydroxyl groups is 1. The number of halogens is 1. The fraction of sp³-hybridized carbons (Fsp3) is 0.296. The maximum Gasteiger partial charge on any atom is 0.337 e. The van der Waals surface area contributed by atoms with Crippen molar-refractivity contribution in [2.24, 2.45) is 5.10 Å². The SMILES string of the molecule is C=CCOc1ccc(/C=N\N[C@@H](O)COc2ccc([C@@H]3NC(=O)NC(C)=C3C(=O)OC)cc2OCC)cc1Br. The molecule has 1 aliphatic rings. The number of methoxy groups -OCH3 is 1. The summed E-state index contributed by atoms with van der Waals surface area (Å²) in [6.07, 6.45) is 2.09. The zero-order valence-corrected chi connectivity index (χ0v) is 23.4. The van der Waals surface area contributed by atoms with E-state index in [0.717, 1.165) is 10.0 Å². The molecule has 0 aromatic heterocycles. The molecule has 0 bridgehead atoms. The summed E-state index contributed by atoms with van der Waals surface area (Å²) in [5.41, 5.74) is 4.65. The minimum Gasteiger partial charge on any atom is -0.490 e. The number of benzene rings is 2. The molecule has 0 fully saturated rings. The minimum absolute atomic E-state index is 0.134. The number of hydrazone groups is 1. The summed E-state index contributed by atoms with van der Waals surface area (Å²) in [6.45, 7) is 7.67. The molecule has 2 aromatic rings. The Morgan fingerprint density at radius 2 is 1.97 bits per heavy atom. The van der Waals surface area contributed by atoms with Crippen LogP contribution in [0, 0.1) is 0 Å². The Morgan fingerprint density at radius 3 is 2.67 bits per heavy atom. The Bertz CT molecular complexity index is 1260. The number of ether oxygens (including phenoxy) is 4. The summed E-state index contributed by atoms with van der Waals surface area (Å²) in [5.74, 6) is 0.858.